The van der Waals surface area contributed by atoms with Crippen LogP contribution in [-0.4, -0.2) is 96.0 Å². The molecule has 0 aliphatic carbocycles. The van der Waals surface area contributed by atoms with Crippen LogP contribution in [0.15, 0.2) is 0 Å². The van der Waals surface area contributed by atoms with Gasteiger partial charge in [0.25, 0.3) is 0 Å². The molecule has 0 saturated heterocycles. The van der Waals surface area contributed by atoms with Gasteiger partial charge in [-0.05, 0) is 51.4 Å². The molecule has 0 aliphatic heterocycles. The van der Waals surface area contributed by atoms with Crippen LogP contribution >= 0.6 is 0 Å². The number of hydrogen-bond acceptors (Lipinski definition) is 0. The van der Waals surface area contributed by atoms with Crippen LogP contribution in [0.2, 0.25) is 0 Å². The Morgan fingerprint density at radius 1 is 0.229 bits per heavy atom. The van der Waals surface area contributed by atoms with Gasteiger partial charge in [-0.1, -0.05) is 77.0 Å². The van der Waals surface area contributed by atoms with E-state index in [2.05, 4.69) is 56.4 Å². The van der Waals surface area contributed by atoms with Crippen LogP contribution in [0.4, 0.5) is 0 Å². The summed E-state index contributed by atoms with van der Waals surface area (Å²) in [4.78, 5) is 0. The highest BCUT2D eigenvalue weighted by Crippen LogP contribution is 2.14. The van der Waals surface area contributed by atoms with Crippen molar-refractivity contribution in [1.29, 1.82) is 0 Å². The van der Waals surface area contributed by atoms with E-state index >= 15 is 0 Å². The van der Waals surface area contributed by atoms with Crippen molar-refractivity contribution in [3.05, 3.63) is 0 Å². The van der Waals surface area contributed by atoms with E-state index in [-0.39, 0.29) is 0 Å². The Labute approximate surface area is 224 Å². The zero-order valence-electron chi connectivity index (χ0n) is 26.3. The zero-order chi connectivity index (χ0) is 26.5. The molecule has 0 radical (unpaired) electrons. The van der Waals surface area contributed by atoms with Crippen LogP contribution < -0.4 is 0 Å². The van der Waals surface area contributed by atoms with Gasteiger partial charge in [-0.2, -0.15) is 0 Å². The van der Waals surface area contributed by atoms with E-state index in [4.69, 9.17) is 0 Å². The summed E-state index contributed by atoms with van der Waals surface area (Å²) < 4.78 is 3.47. The lowest BCUT2D eigenvalue weighted by molar-refractivity contribution is -0.890. The van der Waals surface area contributed by atoms with Crippen LogP contribution in [0, 0.1) is 0 Å². The van der Waals surface area contributed by atoms with Crippen molar-refractivity contribution in [2.24, 2.45) is 0 Å². The van der Waals surface area contributed by atoms with Gasteiger partial charge in [0, 0.05) is 0 Å². The van der Waals surface area contributed by atoms with Crippen molar-refractivity contribution in [2.45, 2.75) is 128 Å². The van der Waals surface area contributed by atoms with Crippen molar-refractivity contribution < 1.29 is 13.4 Å². The van der Waals surface area contributed by atoms with Crippen molar-refractivity contribution in [1.82, 2.24) is 0 Å². The molecule has 0 spiro atoms. The van der Waals surface area contributed by atoms with Crippen molar-refractivity contribution >= 4 is 0 Å². The maximum Gasteiger partial charge on any atom is 0.0782 e. The summed E-state index contributed by atoms with van der Waals surface area (Å²) in [6.07, 6.45) is 28.9. The summed E-state index contributed by atoms with van der Waals surface area (Å²) in [6, 6.07) is 0. The quantitative estimate of drug-likeness (QED) is 0.0831. The summed E-state index contributed by atoms with van der Waals surface area (Å²) in [5.41, 5.74) is 0. The van der Waals surface area contributed by atoms with Crippen LogP contribution in [0.1, 0.15) is 128 Å². The Kier molecular flexibility index (Phi) is 20.8. The Morgan fingerprint density at radius 3 is 0.600 bits per heavy atom. The molecule has 35 heavy (non-hydrogen) atoms. The topological polar surface area (TPSA) is 0 Å². The molecule has 0 aliphatic rings. The minimum absolute atomic E-state index is 1.12. The SMILES string of the molecule is C[N+](C)(C)CCCCCCCCCCCC[N+](C)(C)CCCCCCCCCCCC[N+](C)(C)C. The molecule has 0 rings (SSSR count). The third-order valence-electron chi connectivity index (χ3n) is 7.68. The largest absolute Gasteiger partial charge is 0.331 e. The van der Waals surface area contributed by atoms with Gasteiger partial charge < -0.3 is 13.4 Å². The summed E-state index contributed by atoms with van der Waals surface area (Å²) in [7, 11) is 18.7. The standard InChI is InChI=1S/C32H72N3/c1-33(2,3)29-25-21-17-13-9-11-15-19-23-27-31-35(7,8)32-28-24-20-16-12-10-14-18-22-26-30-34(4,5)6/h9-32H2,1-8H3/q+3. The summed E-state index contributed by atoms with van der Waals surface area (Å²) in [5.74, 6) is 0. The van der Waals surface area contributed by atoms with Crippen LogP contribution in [0.25, 0.3) is 0 Å². The van der Waals surface area contributed by atoms with E-state index in [1.165, 1.54) is 159 Å². The average molecular weight is 499 g/mol. The summed E-state index contributed by atoms with van der Waals surface area (Å²) in [5, 5.41) is 0. The van der Waals surface area contributed by atoms with E-state index in [0.717, 1.165) is 8.97 Å². The molecule has 0 bridgehead atoms. The highest BCUT2D eigenvalue weighted by molar-refractivity contribution is 4.50. The second kappa shape index (κ2) is 20.9. The molecule has 0 amide bonds. The number of nitrogens with zero attached hydrogens (tertiary/aromatic N) is 3. The predicted octanol–water partition coefficient (Wildman–Crippen LogP) is 8.28. The van der Waals surface area contributed by atoms with E-state index in [1.54, 1.807) is 0 Å². The van der Waals surface area contributed by atoms with Gasteiger partial charge in [0.05, 0.1) is 82.6 Å². The fourth-order valence-corrected chi connectivity index (χ4v) is 5.19. The maximum absolute atomic E-state index is 2.46. The van der Waals surface area contributed by atoms with Gasteiger partial charge in [-0.25, -0.2) is 0 Å². The van der Waals surface area contributed by atoms with Gasteiger partial charge in [-0.15, -0.1) is 0 Å². The van der Waals surface area contributed by atoms with E-state index < -0.39 is 0 Å². The van der Waals surface area contributed by atoms with Gasteiger partial charge in [-0.3, -0.25) is 0 Å². The van der Waals surface area contributed by atoms with Gasteiger partial charge in [0.1, 0.15) is 0 Å². The molecule has 0 aromatic heterocycles. The smallest absolute Gasteiger partial charge is 0.0782 e. The minimum Gasteiger partial charge on any atom is -0.331 e. The van der Waals surface area contributed by atoms with Crippen LogP contribution in [0.3, 0.4) is 0 Å². The van der Waals surface area contributed by atoms with Gasteiger partial charge >= 0.3 is 0 Å². The Bertz CT molecular complexity index is 405. The van der Waals surface area contributed by atoms with Crippen molar-refractivity contribution in [2.75, 3.05) is 82.6 Å². The maximum atomic E-state index is 2.46. The van der Waals surface area contributed by atoms with Gasteiger partial charge in [0.2, 0.25) is 0 Å². The zero-order valence-corrected chi connectivity index (χ0v) is 26.3. The Hall–Kier alpha value is -0.120. The van der Waals surface area contributed by atoms with E-state index in [0.29, 0.717) is 0 Å². The normalized spacial score (nSPS) is 13.0. The third-order valence-corrected chi connectivity index (χ3v) is 7.68. The lowest BCUT2D eigenvalue weighted by atomic mass is 10.1. The molecule has 0 saturated carbocycles. The molecule has 0 heterocycles. The monoisotopic (exact) mass is 499 g/mol. The van der Waals surface area contributed by atoms with Crippen LogP contribution in [0.5, 0.6) is 0 Å². The number of rotatable bonds is 26. The second-order valence-electron chi connectivity index (χ2n) is 14.5. The van der Waals surface area contributed by atoms with Crippen LogP contribution in [-0.2, 0) is 0 Å². The molecule has 3 heteroatoms. The fraction of sp³-hybridized carbons (Fsp3) is 1.00. The first kappa shape index (κ1) is 34.9. The first-order valence-corrected chi connectivity index (χ1v) is 15.8. The predicted molar refractivity (Wildman–Crippen MR) is 160 cm³/mol. The second-order valence-corrected chi connectivity index (χ2v) is 14.5. The number of hydrogen-bond donors (Lipinski definition) is 0. The molecule has 3 nitrogen and oxygen atoms in total. The molecule has 0 fully saturated rings. The summed E-state index contributed by atoms with van der Waals surface area (Å²) in [6.45, 7) is 5.40. The molecule has 0 atom stereocenters. The molecule has 0 aromatic carbocycles. The van der Waals surface area contributed by atoms with Crippen molar-refractivity contribution in [3.63, 3.8) is 0 Å². The lowest BCUT2D eigenvalue weighted by Crippen LogP contribution is -2.41. The third kappa shape index (κ3) is 30.0. The molecule has 212 valence electrons. The highest BCUT2D eigenvalue weighted by Gasteiger charge is 2.13. The van der Waals surface area contributed by atoms with E-state index in [9.17, 15) is 0 Å². The first-order valence-electron chi connectivity index (χ1n) is 15.8. The number of quaternary nitrogens is 3. The Morgan fingerprint density at radius 2 is 0.400 bits per heavy atom. The lowest BCUT2D eigenvalue weighted by Gasteiger charge is -2.30. The molecule has 0 N–H and O–H groups in total. The fourth-order valence-electron chi connectivity index (χ4n) is 5.19. The minimum atomic E-state index is 1.12. The van der Waals surface area contributed by atoms with Gasteiger partial charge in [0.15, 0.2) is 0 Å². The Balaban J connectivity index is 3.36. The molecule has 0 unspecified atom stereocenters. The first-order chi connectivity index (χ1) is 16.4. The molecular weight excluding hydrogens is 426 g/mol. The average Bonchev–Trinajstić information content (AvgIpc) is 2.73. The summed E-state index contributed by atoms with van der Waals surface area (Å²) >= 11 is 0. The molecule has 0 aromatic rings. The number of unbranched alkanes of at least 4 members (excludes halogenated alkanes) is 18. The van der Waals surface area contributed by atoms with E-state index in [1.807, 2.05) is 0 Å². The van der Waals surface area contributed by atoms with Crippen molar-refractivity contribution in [3.8, 4) is 0 Å². The highest BCUT2D eigenvalue weighted by atomic mass is 15.3. The molecular formula is C32H72N3+3.